The molecule has 1 N–H and O–H groups in total. The smallest absolute Gasteiger partial charge is 0.269 e. The first-order chi connectivity index (χ1) is 8.61. The van der Waals surface area contributed by atoms with Gasteiger partial charge in [0, 0.05) is 19.2 Å². The Morgan fingerprint density at radius 2 is 2.11 bits per heavy atom. The molecule has 0 saturated heterocycles. The van der Waals surface area contributed by atoms with Gasteiger partial charge in [-0.15, -0.1) is 0 Å². The molecule has 18 heavy (non-hydrogen) atoms. The second-order valence-corrected chi connectivity index (χ2v) is 4.08. The van der Waals surface area contributed by atoms with Crippen LogP contribution in [0.3, 0.4) is 0 Å². The van der Waals surface area contributed by atoms with Crippen LogP contribution in [0.1, 0.15) is 5.69 Å². The van der Waals surface area contributed by atoms with Crippen molar-refractivity contribution in [1.29, 1.82) is 0 Å². The number of H-pyrrole nitrogens is 1. The first-order valence-corrected chi connectivity index (χ1v) is 5.57. The minimum Gasteiger partial charge on any atom is -0.378 e. The van der Waals surface area contributed by atoms with Crippen LogP contribution >= 0.6 is 12.2 Å². The Kier molecular flexibility index (Phi) is 3.54. The molecule has 0 radical (unpaired) electrons. The molecule has 2 aromatic rings. The summed E-state index contributed by atoms with van der Waals surface area (Å²) in [5.41, 5.74) is 1.64. The summed E-state index contributed by atoms with van der Waals surface area (Å²) in [5, 5.41) is 13.6. The topological polar surface area (TPSA) is 73.1 Å². The normalized spacial score (nSPS) is 10.5. The quantitative estimate of drug-likeness (QED) is 0.524. The number of hydrogen-bond acceptors (Lipinski definition) is 4. The highest BCUT2D eigenvalue weighted by Crippen LogP contribution is 2.15. The van der Waals surface area contributed by atoms with E-state index in [2.05, 4.69) is 5.10 Å². The Morgan fingerprint density at radius 1 is 1.44 bits per heavy atom. The standard InChI is InChI=1S/C11H11N3O3S/c1-17-7-8-6-11(18)13(12-8)9-2-4-10(5-3-9)14(15)16/h2-6,12H,7H2,1H3. The molecule has 1 aromatic heterocycles. The Morgan fingerprint density at radius 3 is 2.67 bits per heavy atom. The maximum absolute atomic E-state index is 10.6. The van der Waals surface area contributed by atoms with Crippen molar-refractivity contribution in [3.63, 3.8) is 0 Å². The van der Waals surface area contributed by atoms with E-state index in [1.807, 2.05) is 0 Å². The highest BCUT2D eigenvalue weighted by molar-refractivity contribution is 7.71. The lowest BCUT2D eigenvalue weighted by Gasteiger charge is -2.02. The molecule has 0 spiro atoms. The van der Waals surface area contributed by atoms with Crippen LogP contribution in [-0.2, 0) is 11.3 Å². The summed E-state index contributed by atoms with van der Waals surface area (Å²) in [6.45, 7) is 0.434. The van der Waals surface area contributed by atoms with Crippen molar-refractivity contribution >= 4 is 17.9 Å². The maximum atomic E-state index is 10.6. The van der Waals surface area contributed by atoms with E-state index in [0.717, 1.165) is 11.4 Å². The molecule has 6 nitrogen and oxygen atoms in total. The zero-order chi connectivity index (χ0) is 13.1. The van der Waals surface area contributed by atoms with Crippen LogP contribution in [0.4, 0.5) is 5.69 Å². The number of ether oxygens (including phenoxy) is 1. The molecule has 0 fully saturated rings. The van der Waals surface area contributed by atoms with Crippen LogP contribution in [-0.4, -0.2) is 21.8 Å². The Balaban J connectivity index is 2.36. The third-order valence-electron chi connectivity index (χ3n) is 2.39. The van der Waals surface area contributed by atoms with Crippen molar-refractivity contribution in [3.05, 3.63) is 50.8 Å². The zero-order valence-electron chi connectivity index (χ0n) is 9.62. The van der Waals surface area contributed by atoms with Crippen LogP contribution in [0.5, 0.6) is 0 Å². The highest BCUT2D eigenvalue weighted by Gasteiger charge is 2.06. The number of benzene rings is 1. The molecule has 0 aliphatic rings. The Labute approximate surface area is 108 Å². The van der Waals surface area contributed by atoms with Crippen molar-refractivity contribution in [2.45, 2.75) is 6.61 Å². The van der Waals surface area contributed by atoms with Gasteiger partial charge in [-0.3, -0.25) is 15.2 Å². The highest BCUT2D eigenvalue weighted by atomic mass is 32.1. The fourth-order valence-corrected chi connectivity index (χ4v) is 1.88. The molecule has 0 amide bonds. The fraction of sp³-hybridized carbons (Fsp3) is 0.182. The van der Waals surface area contributed by atoms with Gasteiger partial charge in [0.15, 0.2) is 0 Å². The molecule has 0 aliphatic heterocycles. The van der Waals surface area contributed by atoms with Crippen LogP contribution < -0.4 is 0 Å². The van der Waals surface area contributed by atoms with Gasteiger partial charge in [-0.2, -0.15) is 0 Å². The number of rotatable bonds is 4. The number of hydrogen-bond donors (Lipinski definition) is 1. The molecule has 0 saturated carbocycles. The molecule has 0 unspecified atom stereocenters. The molecule has 0 bridgehead atoms. The second-order valence-electron chi connectivity index (χ2n) is 3.66. The molecular weight excluding hydrogens is 254 g/mol. The van der Waals surface area contributed by atoms with E-state index < -0.39 is 4.92 Å². The molecular formula is C11H11N3O3S. The van der Waals surface area contributed by atoms with Gasteiger partial charge in [0.2, 0.25) is 0 Å². The van der Waals surface area contributed by atoms with E-state index in [4.69, 9.17) is 17.0 Å². The van der Waals surface area contributed by atoms with Crippen LogP contribution in [0.25, 0.3) is 5.69 Å². The van der Waals surface area contributed by atoms with Gasteiger partial charge in [0.25, 0.3) is 5.69 Å². The van der Waals surface area contributed by atoms with E-state index in [1.165, 1.54) is 12.1 Å². The predicted octanol–water partition coefficient (Wildman–Crippen LogP) is 2.59. The number of nitrogens with zero attached hydrogens (tertiary/aromatic N) is 2. The maximum Gasteiger partial charge on any atom is 0.269 e. The van der Waals surface area contributed by atoms with Gasteiger partial charge < -0.3 is 4.74 Å². The first kappa shape index (κ1) is 12.5. The van der Waals surface area contributed by atoms with Gasteiger partial charge in [-0.05, 0) is 18.2 Å². The van der Waals surface area contributed by atoms with Crippen LogP contribution in [0, 0.1) is 14.8 Å². The van der Waals surface area contributed by atoms with Gasteiger partial charge in [0.05, 0.1) is 22.9 Å². The molecule has 1 heterocycles. The number of non-ortho nitro benzene ring substituents is 1. The summed E-state index contributed by atoms with van der Waals surface area (Å²) in [5.74, 6) is 0. The zero-order valence-corrected chi connectivity index (χ0v) is 10.4. The monoisotopic (exact) mass is 265 g/mol. The summed E-state index contributed by atoms with van der Waals surface area (Å²) < 4.78 is 7.27. The molecule has 94 valence electrons. The summed E-state index contributed by atoms with van der Waals surface area (Å²) in [6, 6.07) is 7.95. The largest absolute Gasteiger partial charge is 0.378 e. The van der Waals surface area contributed by atoms with Gasteiger partial charge in [-0.1, -0.05) is 12.2 Å². The average Bonchev–Trinajstić information content (AvgIpc) is 2.71. The molecule has 7 heteroatoms. The summed E-state index contributed by atoms with van der Waals surface area (Å²) >= 11 is 5.20. The number of aromatic nitrogens is 2. The number of aromatic amines is 1. The average molecular weight is 265 g/mol. The Hall–Kier alpha value is -1.99. The second kappa shape index (κ2) is 5.11. The van der Waals surface area contributed by atoms with Crippen molar-refractivity contribution < 1.29 is 9.66 Å². The number of nitro groups is 1. The van der Waals surface area contributed by atoms with Crippen molar-refractivity contribution in [1.82, 2.24) is 9.78 Å². The van der Waals surface area contributed by atoms with Gasteiger partial charge in [0.1, 0.15) is 4.64 Å². The lowest BCUT2D eigenvalue weighted by molar-refractivity contribution is -0.384. The molecule has 0 atom stereocenters. The predicted molar refractivity (Wildman–Crippen MR) is 68.3 cm³/mol. The summed E-state index contributed by atoms with van der Waals surface area (Å²) in [7, 11) is 1.60. The van der Waals surface area contributed by atoms with E-state index >= 15 is 0 Å². The van der Waals surface area contributed by atoms with E-state index in [-0.39, 0.29) is 5.69 Å². The van der Waals surface area contributed by atoms with E-state index in [1.54, 1.807) is 30.0 Å². The lowest BCUT2D eigenvalue weighted by atomic mass is 10.3. The lowest BCUT2D eigenvalue weighted by Crippen LogP contribution is -1.98. The van der Waals surface area contributed by atoms with Gasteiger partial charge >= 0.3 is 0 Å². The van der Waals surface area contributed by atoms with Crippen molar-refractivity contribution in [2.75, 3.05) is 7.11 Å². The third-order valence-corrected chi connectivity index (χ3v) is 2.69. The Bertz CT molecular complexity index is 615. The summed E-state index contributed by atoms with van der Waals surface area (Å²) in [4.78, 5) is 10.1. The fourth-order valence-electron chi connectivity index (χ4n) is 1.59. The minimum absolute atomic E-state index is 0.0499. The number of methoxy groups -OCH3 is 1. The van der Waals surface area contributed by atoms with E-state index in [9.17, 15) is 10.1 Å². The van der Waals surface area contributed by atoms with Crippen molar-refractivity contribution in [2.24, 2.45) is 0 Å². The number of nitro benzene ring substituents is 1. The van der Waals surface area contributed by atoms with Crippen LogP contribution in [0.2, 0.25) is 0 Å². The minimum atomic E-state index is -0.436. The molecule has 2 rings (SSSR count). The molecule has 0 aliphatic carbocycles. The number of nitrogens with one attached hydrogen (secondary N) is 1. The van der Waals surface area contributed by atoms with Crippen LogP contribution in [0.15, 0.2) is 30.3 Å². The first-order valence-electron chi connectivity index (χ1n) is 5.16. The molecule has 1 aromatic carbocycles. The SMILES string of the molecule is COCc1cc(=S)n(-c2ccc([N+](=O)[O-])cc2)[nH]1. The van der Waals surface area contributed by atoms with Gasteiger partial charge in [-0.25, -0.2) is 4.68 Å². The van der Waals surface area contributed by atoms with E-state index in [0.29, 0.717) is 11.2 Å². The van der Waals surface area contributed by atoms with Crippen molar-refractivity contribution in [3.8, 4) is 5.69 Å². The third kappa shape index (κ3) is 2.47. The summed E-state index contributed by atoms with van der Waals surface area (Å²) in [6.07, 6.45) is 0.